The topological polar surface area (TPSA) is 57.5 Å². The van der Waals surface area contributed by atoms with Gasteiger partial charge in [-0.1, -0.05) is 50.5 Å². The van der Waals surface area contributed by atoms with Gasteiger partial charge in [0, 0.05) is 6.42 Å². The van der Waals surface area contributed by atoms with Crippen LogP contribution in [0, 0.1) is 0 Å². The second kappa shape index (κ2) is 15.3. The highest BCUT2D eigenvalue weighted by molar-refractivity contribution is 5.66. The molecular weight excluding hydrogens is 264 g/mol. The van der Waals surface area contributed by atoms with Crippen LogP contribution in [0.15, 0.2) is 24.3 Å². The Hall–Kier alpha value is -1.09. The Balaban J connectivity index is 3.31. The van der Waals surface area contributed by atoms with E-state index in [9.17, 15) is 9.90 Å². The van der Waals surface area contributed by atoms with E-state index in [0.29, 0.717) is 6.42 Å². The van der Waals surface area contributed by atoms with Crippen LogP contribution in [0.5, 0.6) is 0 Å². The second-order valence-electron chi connectivity index (χ2n) is 5.52. The molecule has 0 saturated carbocycles. The van der Waals surface area contributed by atoms with Crippen LogP contribution in [-0.4, -0.2) is 22.3 Å². The first kappa shape index (κ1) is 19.9. The van der Waals surface area contributed by atoms with Gasteiger partial charge in [0.05, 0.1) is 6.10 Å². The molecule has 0 spiro atoms. The molecule has 3 nitrogen and oxygen atoms in total. The Labute approximate surface area is 129 Å². The molecule has 0 aliphatic heterocycles. The van der Waals surface area contributed by atoms with Gasteiger partial charge in [-0.15, -0.1) is 0 Å². The van der Waals surface area contributed by atoms with E-state index < -0.39 is 5.97 Å². The second-order valence-corrected chi connectivity index (χ2v) is 5.52. The zero-order valence-corrected chi connectivity index (χ0v) is 13.5. The number of aliphatic hydroxyl groups is 1. The minimum Gasteiger partial charge on any atom is -0.481 e. The molecule has 0 amide bonds. The summed E-state index contributed by atoms with van der Waals surface area (Å²) < 4.78 is 0. The maximum atomic E-state index is 10.3. The van der Waals surface area contributed by atoms with Gasteiger partial charge in [0.2, 0.25) is 0 Å². The van der Waals surface area contributed by atoms with Gasteiger partial charge in [0.25, 0.3) is 0 Å². The van der Waals surface area contributed by atoms with Crippen LogP contribution >= 0.6 is 0 Å². The summed E-state index contributed by atoms with van der Waals surface area (Å²) in [5.74, 6) is -0.693. The molecular formula is C18H32O3. The van der Waals surface area contributed by atoms with Crippen LogP contribution in [0.4, 0.5) is 0 Å². The van der Waals surface area contributed by atoms with E-state index in [1.165, 1.54) is 0 Å². The molecule has 0 heterocycles. The molecule has 0 saturated heterocycles. The summed E-state index contributed by atoms with van der Waals surface area (Å²) in [5.41, 5.74) is 0. The highest BCUT2D eigenvalue weighted by Gasteiger charge is 1.99. The molecule has 0 bridgehead atoms. The molecule has 3 heteroatoms. The van der Waals surface area contributed by atoms with Gasteiger partial charge in [-0.2, -0.15) is 0 Å². The van der Waals surface area contributed by atoms with E-state index in [2.05, 4.69) is 31.2 Å². The molecule has 0 radical (unpaired) electrons. The maximum absolute atomic E-state index is 10.3. The average Bonchev–Trinajstić information content (AvgIpc) is 2.45. The fraction of sp³-hybridized carbons (Fsp3) is 0.722. The minimum atomic E-state index is -0.693. The Morgan fingerprint density at radius 3 is 2.33 bits per heavy atom. The molecule has 0 fully saturated rings. The molecule has 1 atom stereocenters. The van der Waals surface area contributed by atoms with Crippen molar-refractivity contribution in [2.24, 2.45) is 0 Å². The molecule has 0 aromatic rings. The van der Waals surface area contributed by atoms with Gasteiger partial charge in [0.15, 0.2) is 0 Å². The molecule has 1 unspecified atom stereocenters. The van der Waals surface area contributed by atoms with Crippen molar-refractivity contribution in [3.8, 4) is 0 Å². The van der Waals surface area contributed by atoms with E-state index >= 15 is 0 Å². The smallest absolute Gasteiger partial charge is 0.303 e. The summed E-state index contributed by atoms with van der Waals surface area (Å²) >= 11 is 0. The van der Waals surface area contributed by atoms with Crippen molar-refractivity contribution in [3.63, 3.8) is 0 Å². The van der Waals surface area contributed by atoms with Gasteiger partial charge in [-0.3, -0.25) is 4.79 Å². The number of hydrogen-bond donors (Lipinski definition) is 2. The van der Waals surface area contributed by atoms with Crippen LogP contribution in [0.1, 0.15) is 77.6 Å². The lowest BCUT2D eigenvalue weighted by Gasteiger charge is -2.05. The third kappa shape index (κ3) is 16.9. The van der Waals surface area contributed by atoms with Crippen molar-refractivity contribution in [2.45, 2.75) is 83.7 Å². The summed E-state index contributed by atoms with van der Waals surface area (Å²) in [5, 5.41) is 18.3. The van der Waals surface area contributed by atoms with Crippen LogP contribution < -0.4 is 0 Å². The van der Waals surface area contributed by atoms with Crippen molar-refractivity contribution in [2.75, 3.05) is 0 Å². The first-order chi connectivity index (χ1) is 10.2. The van der Waals surface area contributed by atoms with Crippen LogP contribution in [0.2, 0.25) is 0 Å². The maximum Gasteiger partial charge on any atom is 0.303 e. The fourth-order valence-electron chi connectivity index (χ4n) is 2.13. The fourth-order valence-corrected chi connectivity index (χ4v) is 2.13. The van der Waals surface area contributed by atoms with Gasteiger partial charge >= 0.3 is 5.97 Å². The zero-order chi connectivity index (χ0) is 15.8. The van der Waals surface area contributed by atoms with Gasteiger partial charge < -0.3 is 10.2 Å². The number of carbonyl (C=O) groups is 1. The van der Waals surface area contributed by atoms with Gasteiger partial charge in [-0.05, 0) is 44.9 Å². The Kier molecular flexibility index (Phi) is 14.5. The number of hydrogen-bond acceptors (Lipinski definition) is 2. The molecule has 122 valence electrons. The number of carboxylic acids is 1. The number of rotatable bonds is 14. The molecule has 0 aliphatic carbocycles. The van der Waals surface area contributed by atoms with E-state index in [-0.39, 0.29) is 6.10 Å². The van der Waals surface area contributed by atoms with Crippen molar-refractivity contribution >= 4 is 5.97 Å². The third-order valence-electron chi connectivity index (χ3n) is 3.41. The van der Waals surface area contributed by atoms with E-state index in [0.717, 1.165) is 64.2 Å². The molecule has 0 aliphatic rings. The predicted octanol–water partition coefficient (Wildman–Crippen LogP) is 4.86. The quantitative estimate of drug-likeness (QED) is 0.355. The number of carboxylic acid groups (broad SMARTS) is 1. The monoisotopic (exact) mass is 296 g/mol. The highest BCUT2D eigenvalue weighted by atomic mass is 16.4. The van der Waals surface area contributed by atoms with E-state index in [1.54, 1.807) is 0 Å². The first-order valence-corrected chi connectivity index (χ1v) is 8.36. The lowest BCUT2D eigenvalue weighted by Crippen LogP contribution is -2.03. The van der Waals surface area contributed by atoms with Crippen molar-refractivity contribution in [1.82, 2.24) is 0 Å². The lowest BCUT2D eigenvalue weighted by molar-refractivity contribution is -0.137. The van der Waals surface area contributed by atoms with Crippen molar-refractivity contribution in [1.29, 1.82) is 0 Å². The molecule has 21 heavy (non-hydrogen) atoms. The highest BCUT2D eigenvalue weighted by Crippen LogP contribution is 2.09. The lowest BCUT2D eigenvalue weighted by atomic mass is 10.1. The summed E-state index contributed by atoms with van der Waals surface area (Å²) in [6, 6.07) is 0. The number of allylic oxidation sites excluding steroid dienone is 3. The summed E-state index contributed by atoms with van der Waals surface area (Å²) in [6.07, 6.45) is 18.5. The molecule has 0 rings (SSSR count). The van der Waals surface area contributed by atoms with E-state index in [4.69, 9.17) is 5.11 Å². The largest absolute Gasteiger partial charge is 0.481 e. The van der Waals surface area contributed by atoms with Gasteiger partial charge in [-0.25, -0.2) is 0 Å². The van der Waals surface area contributed by atoms with Crippen LogP contribution in [0.3, 0.4) is 0 Å². The minimum absolute atomic E-state index is 0.223. The Bertz CT molecular complexity index is 295. The predicted molar refractivity (Wildman–Crippen MR) is 88.4 cm³/mol. The Morgan fingerprint density at radius 1 is 0.952 bits per heavy atom. The average molecular weight is 296 g/mol. The number of aliphatic carboxylic acids is 1. The van der Waals surface area contributed by atoms with Crippen molar-refractivity contribution in [3.05, 3.63) is 24.3 Å². The zero-order valence-electron chi connectivity index (χ0n) is 13.5. The summed E-state index contributed by atoms with van der Waals surface area (Å²) in [6.45, 7) is 2.11. The third-order valence-corrected chi connectivity index (χ3v) is 3.41. The Morgan fingerprint density at radius 2 is 1.62 bits per heavy atom. The summed E-state index contributed by atoms with van der Waals surface area (Å²) in [4.78, 5) is 10.3. The molecule has 0 aromatic carbocycles. The normalized spacial score (nSPS) is 13.2. The van der Waals surface area contributed by atoms with Crippen molar-refractivity contribution < 1.29 is 15.0 Å². The van der Waals surface area contributed by atoms with Crippen LogP contribution in [0.25, 0.3) is 0 Å². The number of aliphatic hydroxyl groups excluding tert-OH is 1. The summed E-state index contributed by atoms with van der Waals surface area (Å²) in [7, 11) is 0. The molecule has 2 N–H and O–H groups in total. The molecule has 0 aromatic heterocycles. The SMILES string of the molecule is CC/C=C\CCC(O)C/C=C\CCCCCCCC(=O)O. The van der Waals surface area contributed by atoms with Gasteiger partial charge in [0.1, 0.15) is 0 Å². The standard InChI is InChI=1S/C18H32O3/c1-2-3-4-11-14-17(19)15-12-9-7-5-6-8-10-13-16-18(20)21/h3-4,9,12,17,19H,2,5-8,10-11,13-16H2,1H3,(H,20,21)/b4-3-,12-9-. The first-order valence-electron chi connectivity index (χ1n) is 8.36. The van der Waals surface area contributed by atoms with Crippen LogP contribution in [-0.2, 0) is 4.79 Å². The number of unbranched alkanes of at least 4 members (excludes halogenated alkanes) is 5. The van der Waals surface area contributed by atoms with E-state index in [1.807, 2.05) is 0 Å².